The molecule has 102 valence electrons. The fraction of sp³-hybridized carbons (Fsp3) is 0.0625. The summed E-state index contributed by atoms with van der Waals surface area (Å²) in [4.78, 5) is 11.9. The van der Waals surface area contributed by atoms with Crippen molar-refractivity contribution in [3.63, 3.8) is 0 Å². The first-order valence-electron chi connectivity index (χ1n) is 6.15. The molecule has 3 N–H and O–H groups in total. The highest BCUT2D eigenvalue weighted by atomic mass is 79.9. The average molecular weight is 331 g/mol. The van der Waals surface area contributed by atoms with Crippen LogP contribution in [0.15, 0.2) is 53.0 Å². The fourth-order valence-corrected chi connectivity index (χ4v) is 2.20. The number of nitrogens with two attached hydrogens (primary N) is 1. The molecule has 0 aliphatic rings. The number of benzene rings is 2. The van der Waals surface area contributed by atoms with E-state index in [-0.39, 0.29) is 5.91 Å². The normalized spacial score (nSPS) is 10.7. The Morgan fingerprint density at radius 2 is 1.90 bits per heavy atom. The number of hydrogen-bond acceptors (Lipinski definition) is 2. The van der Waals surface area contributed by atoms with Crippen LogP contribution in [0, 0.1) is 6.92 Å². The summed E-state index contributed by atoms with van der Waals surface area (Å²) < 4.78 is 0.991. The third-order valence-electron chi connectivity index (χ3n) is 2.81. The summed E-state index contributed by atoms with van der Waals surface area (Å²) in [6.45, 7) is 1.95. The first-order chi connectivity index (χ1) is 9.54. The van der Waals surface area contributed by atoms with E-state index in [9.17, 15) is 4.79 Å². The van der Waals surface area contributed by atoms with Gasteiger partial charge < -0.3 is 11.1 Å². The fourth-order valence-electron chi connectivity index (χ4n) is 1.72. The van der Waals surface area contributed by atoms with E-state index >= 15 is 0 Å². The Hall–Kier alpha value is -2.07. The lowest BCUT2D eigenvalue weighted by molar-refractivity contribution is -0.111. The maximum Gasteiger partial charge on any atom is 0.248 e. The molecular formula is C16H15BrN2O. The van der Waals surface area contributed by atoms with Gasteiger partial charge in [-0.05, 0) is 54.5 Å². The SMILES string of the molecule is Cc1cc(Br)ccc1NC(=O)/C=C/c1ccc(N)cc1. The van der Waals surface area contributed by atoms with Gasteiger partial charge >= 0.3 is 0 Å². The molecule has 0 radical (unpaired) electrons. The minimum absolute atomic E-state index is 0.160. The number of carbonyl (C=O) groups excluding carboxylic acids is 1. The lowest BCUT2D eigenvalue weighted by atomic mass is 10.2. The van der Waals surface area contributed by atoms with Crippen molar-refractivity contribution < 1.29 is 4.79 Å². The van der Waals surface area contributed by atoms with E-state index in [1.54, 1.807) is 18.2 Å². The second kappa shape index (κ2) is 6.39. The molecule has 0 saturated carbocycles. The largest absolute Gasteiger partial charge is 0.399 e. The Labute approximate surface area is 126 Å². The summed E-state index contributed by atoms with van der Waals surface area (Å²) in [7, 11) is 0. The first-order valence-corrected chi connectivity index (χ1v) is 6.94. The number of rotatable bonds is 3. The van der Waals surface area contributed by atoms with Crippen LogP contribution >= 0.6 is 15.9 Å². The van der Waals surface area contributed by atoms with E-state index in [1.807, 2.05) is 37.3 Å². The second-order valence-corrected chi connectivity index (χ2v) is 5.36. The minimum Gasteiger partial charge on any atom is -0.399 e. The minimum atomic E-state index is -0.160. The Kier molecular flexibility index (Phi) is 4.58. The van der Waals surface area contributed by atoms with E-state index in [4.69, 9.17) is 5.73 Å². The molecule has 0 unspecified atom stereocenters. The predicted molar refractivity (Wildman–Crippen MR) is 87.4 cm³/mol. The van der Waals surface area contributed by atoms with Crippen molar-refractivity contribution in [2.45, 2.75) is 6.92 Å². The lowest BCUT2D eigenvalue weighted by Crippen LogP contribution is -2.08. The van der Waals surface area contributed by atoms with Gasteiger partial charge in [0.2, 0.25) is 5.91 Å². The van der Waals surface area contributed by atoms with Gasteiger partial charge in [0.25, 0.3) is 0 Å². The zero-order valence-corrected chi connectivity index (χ0v) is 12.6. The summed E-state index contributed by atoms with van der Waals surface area (Å²) >= 11 is 3.39. The number of anilines is 2. The average Bonchev–Trinajstić information content (AvgIpc) is 2.41. The molecule has 0 heterocycles. The maximum atomic E-state index is 11.9. The molecule has 0 spiro atoms. The smallest absolute Gasteiger partial charge is 0.248 e. The Morgan fingerprint density at radius 1 is 1.20 bits per heavy atom. The van der Waals surface area contributed by atoms with Crippen LogP contribution in [0.5, 0.6) is 0 Å². The molecule has 0 bridgehead atoms. The molecule has 0 aromatic heterocycles. The van der Waals surface area contributed by atoms with E-state index in [0.717, 1.165) is 21.3 Å². The van der Waals surface area contributed by atoms with Crippen LogP contribution in [0.4, 0.5) is 11.4 Å². The molecule has 0 saturated heterocycles. The van der Waals surface area contributed by atoms with Crippen molar-refractivity contribution in [3.05, 3.63) is 64.1 Å². The number of carbonyl (C=O) groups is 1. The number of nitrogen functional groups attached to an aromatic ring is 1. The van der Waals surface area contributed by atoms with Crippen molar-refractivity contribution in [2.24, 2.45) is 0 Å². The van der Waals surface area contributed by atoms with Crippen LogP contribution in [0.3, 0.4) is 0 Å². The van der Waals surface area contributed by atoms with Crippen LogP contribution in [-0.4, -0.2) is 5.91 Å². The molecule has 20 heavy (non-hydrogen) atoms. The van der Waals surface area contributed by atoms with E-state index < -0.39 is 0 Å². The summed E-state index contributed by atoms with van der Waals surface area (Å²) in [5, 5.41) is 2.85. The van der Waals surface area contributed by atoms with E-state index in [1.165, 1.54) is 6.08 Å². The highest BCUT2D eigenvalue weighted by Gasteiger charge is 2.01. The molecule has 1 amide bonds. The van der Waals surface area contributed by atoms with Crippen molar-refractivity contribution in [1.82, 2.24) is 0 Å². The van der Waals surface area contributed by atoms with Gasteiger partial charge in [-0.15, -0.1) is 0 Å². The quantitative estimate of drug-likeness (QED) is 0.660. The number of halogens is 1. The van der Waals surface area contributed by atoms with Crippen LogP contribution in [0.25, 0.3) is 6.08 Å². The van der Waals surface area contributed by atoms with E-state index in [2.05, 4.69) is 21.2 Å². The second-order valence-electron chi connectivity index (χ2n) is 4.45. The molecule has 0 aliphatic carbocycles. The highest BCUT2D eigenvalue weighted by Crippen LogP contribution is 2.20. The summed E-state index contributed by atoms with van der Waals surface area (Å²) in [6.07, 6.45) is 3.26. The molecular weight excluding hydrogens is 316 g/mol. The topological polar surface area (TPSA) is 55.1 Å². The van der Waals surface area contributed by atoms with Crippen LogP contribution in [-0.2, 0) is 4.79 Å². The summed E-state index contributed by atoms with van der Waals surface area (Å²) in [5.41, 5.74) is 9.06. The number of hydrogen-bond donors (Lipinski definition) is 2. The Balaban J connectivity index is 2.03. The van der Waals surface area contributed by atoms with Gasteiger partial charge in [-0.1, -0.05) is 28.1 Å². The third-order valence-corrected chi connectivity index (χ3v) is 3.30. The van der Waals surface area contributed by atoms with Crippen LogP contribution in [0.1, 0.15) is 11.1 Å². The monoisotopic (exact) mass is 330 g/mol. The number of nitrogens with one attached hydrogen (secondary N) is 1. The molecule has 2 rings (SSSR count). The van der Waals surface area contributed by atoms with Gasteiger partial charge in [0.05, 0.1) is 0 Å². The zero-order chi connectivity index (χ0) is 14.5. The van der Waals surface area contributed by atoms with E-state index in [0.29, 0.717) is 5.69 Å². The summed E-state index contributed by atoms with van der Waals surface area (Å²) in [6, 6.07) is 13.1. The van der Waals surface area contributed by atoms with Crippen molar-refractivity contribution in [1.29, 1.82) is 0 Å². The molecule has 0 atom stereocenters. The standard InChI is InChI=1S/C16H15BrN2O/c1-11-10-13(17)5-8-15(11)19-16(20)9-4-12-2-6-14(18)7-3-12/h2-10H,18H2,1H3,(H,19,20)/b9-4+. The van der Waals surface area contributed by atoms with Gasteiger partial charge in [-0.25, -0.2) is 0 Å². The molecule has 4 heteroatoms. The Bertz CT molecular complexity index is 648. The van der Waals surface area contributed by atoms with Gasteiger partial charge in [0.15, 0.2) is 0 Å². The van der Waals surface area contributed by atoms with Gasteiger partial charge in [0, 0.05) is 21.9 Å². The molecule has 3 nitrogen and oxygen atoms in total. The molecule has 0 fully saturated rings. The number of aryl methyl sites for hydroxylation is 1. The van der Waals surface area contributed by atoms with Crippen LogP contribution in [0.2, 0.25) is 0 Å². The predicted octanol–water partition coefficient (Wildman–Crippen LogP) is 3.99. The van der Waals surface area contributed by atoms with Gasteiger partial charge in [-0.3, -0.25) is 4.79 Å². The lowest BCUT2D eigenvalue weighted by Gasteiger charge is -2.06. The third kappa shape index (κ3) is 3.96. The zero-order valence-electron chi connectivity index (χ0n) is 11.1. The van der Waals surface area contributed by atoms with Crippen molar-refractivity contribution >= 4 is 39.3 Å². The number of amides is 1. The Morgan fingerprint density at radius 3 is 2.55 bits per heavy atom. The van der Waals surface area contributed by atoms with Gasteiger partial charge in [0.1, 0.15) is 0 Å². The van der Waals surface area contributed by atoms with Crippen molar-refractivity contribution in [3.8, 4) is 0 Å². The molecule has 0 aliphatic heterocycles. The molecule has 2 aromatic rings. The van der Waals surface area contributed by atoms with Gasteiger partial charge in [-0.2, -0.15) is 0 Å². The van der Waals surface area contributed by atoms with Crippen molar-refractivity contribution in [2.75, 3.05) is 11.1 Å². The summed E-state index contributed by atoms with van der Waals surface area (Å²) in [5.74, 6) is -0.160. The van der Waals surface area contributed by atoms with Crippen LogP contribution < -0.4 is 11.1 Å². The molecule has 2 aromatic carbocycles. The highest BCUT2D eigenvalue weighted by molar-refractivity contribution is 9.10. The maximum absolute atomic E-state index is 11.9. The first kappa shape index (κ1) is 14.3.